The first kappa shape index (κ1) is 15.7. The Kier molecular flexibility index (Phi) is 5.47. The normalized spacial score (nSPS) is 10.8. The molecule has 21 heavy (non-hydrogen) atoms. The Bertz CT molecular complexity index is 661. The average molecular weight is 371 g/mol. The predicted molar refractivity (Wildman–Crippen MR) is 85.9 cm³/mol. The molecular weight excluding hydrogens is 358 g/mol. The largest absolute Gasteiger partial charge is 0.493 e. The fourth-order valence-electron chi connectivity index (χ4n) is 1.79. The zero-order chi connectivity index (χ0) is 15.2. The van der Waals surface area contributed by atoms with Crippen LogP contribution in [0, 0.1) is 0 Å². The van der Waals surface area contributed by atoms with Crippen molar-refractivity contribution in [2.24, 2.45) is 5.16 Å². The minimum Gasteiger partial charge on any atom is -0.493 e. The summed E-state index contributed by atoms with van der Waals surface area (Å²) < 4.78 is 11.8. The number of nitrogens with zero attached hydrogens (tertiary/aromatic N) is 1. The van der Waals surface area contributed by atoms with E-state index in [2.05, 4.69) is 21.1 Å². The minimum absolute atomic E-state index is 0.321. The highest BCUT2D eigenvalue weighted by Crippen LogP contribution is 2.37. The molecule has 2 aromatic carbocycles. The van der Waals surface area contributed by atoms with Crippen molar-refractivity contribution in [1.82, 2.24) is 0 Å². The van der Waals surface area contributed by atoms with E-state index in [0.29, 0.717) is 33.2 Å². The van der Waals surface area contributed by atoms with Crippen molar-refractivity contribution < 1.29 is 14.7 Å². The molecular formula is C15H13BrClNO3. The number of ether oxygens (including phenoxy) is 2. The highest BCUT2D eigenvalue weighted by atomic mass is 79.9. The van der Waals surface area contributed by atoms with Crippen LogP contribution in [0.5, 0.6) is 11.5 Å². The average Bonchev–Trinajstić information content (AvgIpc) is 2.47. The van der Waals surface area contributed by atoms with Crippen molar-refractivity contribution in [3.63, 3.8) is 0 Å². The minimum atomic E-state index is 0.321. The Balaban J connectivity index is 2.25. The van der Waals surface area contributed by atoms with Crippen molar-refractivity contribution in [2.45, 2.75) is 6.61 Å². The van der Waals surface area contributed by atoms with Gasteiger partial charge in [-0.15, -0.1) is 0 Å². The van der Waals surface area contributed by atoms with Crippen LogP contribution in [-0.2, 0) is 6.61 Å². The van der Waals surface area contributed by atoms with Crippen LogP contribution in [0.3, 0.4) is 0 Å². The molecule has 0 fully saturated rings. The second kappa shape index (κ2) is 7.33. The van der Waals surface area contributed by atoms with Crippen LogP contribution in [0.25, 0.3) is 0 Å². The molecule has 2 aromatic rings. The van der Waals surface area contributed by atoms with E-state index in [9.17, 15) is 0 Å². The standard InChI is InChI=1S/C15H13BrClNO3/c1-20-14-7-10(8-18-19)6-12(16)15(14)21-9-11-4-2-3-5-13(11)17/h2-8,19H,9H2,1H3/b18-8-. The number of methoxy groups -OCH3 is 1. The van der Waals surface area contributed by atoms with Crippen LogP contribution >= 0.6 is 27.5 Å². The fourth-order valence-corrected chi connectivity index (χ4v) is 2.55. The lowest BCUT2D eigenvalue weighted by atomic mass is 10.2. The maximum Gasteiger partial charge on any atom is 0.175 e. The van der Waals surface area contributed by atoms with Crippen molar-refractivity contribution in [3.8, 4) is 11.5 Å². The summed E-state index contributed by atoms with van der Waals surface area (Å²) in [4.78, 5) is 0. The molecule has 0 radical (unpaired) electrons. The number of benzene rings is 2. The Morgan fingerprint density at radius 2 is 2.10 bits per heavy atom. The smallest absolute Gasteiger partial charge is 0.175 e. The summed E-state index contributed by atoms with van der Waals surface area (Å²) in [6, 6.07) is 11.0. The highest BCUT2D eigenvalue weighted by molar-refractivity contribution is 9.10. The Hall–Kier alpha value is -1.72. The van der Waals surface area contributed by atoms with Gasteiger partial charge in [-0.05, 0) is 34.1 Å². The molecule has 0 atom stereocenters. The topological polar surface area (TPSA) is 51.0 Å². The molecule has 0 aliphatic rings. The monoisotopic (exact) mass is 369 g/mol. The third-order valence-corrected chi connectivity index (χ3v) is 3.75. The molecule has 0 heterocycles. The lowest BCUT2D eigenvalue weighted by molar-refractivity contribution is 0.282. The van der Waals surface area contributed by atoms with Gasteiger partial charge in [0.25, 0.3) is 0 Å². The van der Waals surface area contributed by atoms with Gasteiger partial charge in [-0.1, -0.05) is 35.0 Å². The molecule has 0 unspecified atom stereocenters. The predicted octanol–water partition coefficient (Wildman–Crippen LogP) is 4.50. The summed E-state index contributed by atoms with van der Waals surface area (Å²) in [7, 11) is 1.55. The first-order valence-corrected chi connectivity index (χ1v) is 7.24. The first-order chi connectivity index (χ1) is 10.2. The van der Waals surface area contributed by atoms with Gasteiger partial charge in [0, 0.05) is 16.1 Å². The first-order valence-electron chi connectivity index (χ1n) is 6.07. The third-order valence-electron chi connectivity index (χ3n) is 2.79. The molecule has 0 saturated carbocycles. The summed E-state index contributed by atoms with van der Waals surface area (Å²) >= 11 is 9.52. The summed E-state index contributed by atoms with van der Waals surface area (Å²) in [5.74, 6) is 1.10. The van der Waals surface area contributed by atoms with E-state index in [1.807, 2.05) is 24.3 Å². The zero-order valence-corrected chi connectivity index (χ0v) is 13.6. The van der Waals surface area contributed by atoms with Gasteiger partial charge in [0.1, 0.15) is 6.61 Å². The van der Waals surface area contributed by atoms with Crippen molar-refractivity contribution in [2.75, 3.05) is 7.11 Å². The van der Waals surface area contributed by atoms with E-state index in [-0.39, 0.29) is 0 Å². The molecule has 4 nitrogen and oxygen atoms in total. The summed E-state index contributed by atoms with van der Waals surface area (Å²) in [6.45, 7) is 0.321. The molecule has 0 aliphatic carbocycles. The van der Waals surface area contributed by atoms with Crippen LogP contribution in [-0.4, -0.2) is 18.5 Å². The lowest BCUT2D eigenvalue weighted by Crippen LogP contribution is -2.00. The SMILES string of the molecule is COc1cc(/C=N\O)cc(Br)c1OCc1ccccc1Cl. The second-order valence-electron chi connectivity index (χ2n) is 4.16. The number of oxime groups is 1. The van der Waals surface area contributed by atoms with Gasteiger partial charge in [0.2, 0.25) is 0 Å². The molecule has 2 rings (SSSR count). The molecule has 6 heteroatoms. The molecule has 0 aromatic heterocycles. The van der Waals surface area contributed by atoms with Crippen LogP contribution < -0.4 is 9.47 Å². The fraction of sp³-hybridized carbons (Fsp3) is 0.133. The molecule has 0 amide bonds. The summed E-state index contributed by atoms with van der Waals surface area (Å²) in [5, 5.41) is 12.2. The second-order valence-corrected chi connectivity index (χ2v) is 5.42. The summed E-state index contributed by atoms with van der Waals surface area (Å²) in [6.07, 6.45) is 1.31. The van der Waals surface area contributed by atoms with Gasteiger partial charge in [-0.3, -0.25) is 0 Å². The maximum absolute atomic E-state index is 8.59. The quantitative estimate of drug-likeness (QED) is 0.479. The molecule has 0 saturated heterocycles. The van der Waals surface area contributed by atoms with Crippen LogP contribution in [0.1, 0.15) is 11.1 Å². The van der Waals surface area contributed by atoms with E-state index in [4.69, 9.17) is 26.3 Å². The van der Waals surface area contributed by atoms with Gasteiger partial charge in [-0.2, -0.15) is 0 Å². The number of hydrogen-bond acceptors (Lipinski definition) is 4. The molecule has 1 N–H and O–H groups in total. The van der Waals surface area contributed by atoms with Crippen LogP contribution in [0.4, 0.5) is 0 Å². The van der Waals surface area contributed by atoms with Crippen LogP contribution in [0.2, 0.25) is 5.02 Å². The highest BCUT2D eigenvalue weighted by Gasteiger charge is 2.12. The van der Waals surface area contributed by atoms with Gasteiger partial charge < -0.3 is 14.7 Å². The van der Waals surface area contributed by atoms with Gasteiger partial charge in [0.15, 0.2) is 11.5 Å². The Labute approximate surface area is 136 Å². The van der Waals surface area contributed by atoms with Gasteiger partial charge >= 0.3 is 0 Å². The Morgan fingerprint density at radius 1 is 1.33 bits per heavy atom. The number of hydrogen-bond donors (Lipinski definition) is 1. The summed E-state index contributed by atoms with van der Waals surface area (Å²) in [5.41, 5.74) is 1.57. The van der Waals surface area contributed by atoms with Gasteiger partial charge in [0.05, 0.1) is 17.8 Å². The molecule has 0 bridgehead atoms. The van der Waals surface area contributed by atoms with E-state index in [1.165, 1.54) is 6.21 Å². The maximum atomic E-state index is 8.59. The number of halogens is 2. The number of rotatable bonds is 5. The molecule has 0 aliphatic heterocycles. The van der Waals surface area contributed by atoms with Gasteiger partial charge in [-0.25, -0.2) is 0 Å². The Morgan fingerprint density at radius 3 is 2.76 bits per heavy atom. The van der Waals surface area contributed by atoms with Crippen molar-refractivity contribution in [3.05, 3.63) is 57.0 Å². The zero-order valence-electron chi connectivity index (χ0n) is 11.2. The van der Waals surface area contributed by atoms with E-state index < -0.39 is 0 Å². The van der Waals surface area contributed by atoms with Crippen molar-refractivity contribution in [1.29, 1.82) is 0 Å². The lowest BCUT2D eigenvalue weighted by Gasteiger charge is -2.14. The third kappa shape index (κ3) is 3.89. The van der Waals surface area contributed by atoms with E-state index in [0.717, 1.165) is 5.56 Å². The van der Waals surface area contributed by atoms with Crippen LogP contribution in [0.15, 0.2) is 46.0 Å². The molecule has 110 valence electrons. The van der Waals surface area contributed by atoms with Crippen molar-refractivity contribution >= 4 is 33.7 Å². The van der Waals surface area contributed by atoms with E-state index >= 15 is 0 Å². The van der Waals surface area contributed by atoms with E-state index in [1.54, 1.807) is 19.2 Å². The molecule has 0 spiro atoms.